The first-order valence-electron chi connectivity index (χ1n) is 3.82. The molecule has 0 saturated heterocycles. The van der Waals surface area contributed by atoms with Crippen LogP contribution in [-0.2, 0) is 0 Å². The Morgan fingerprint density at radius 1 is 1.00 bits per heavy atom. The van der Waals surface area contributed by atoms with Gasteiger partial charge in [-0.1, -0.05) is 6.07 Å². The Labute approximate surface area is 82.7 Å². The zero-order chi connectivity index (χ0) is 11.0. The van der Waals surface area contributed by atoms with E-state index in [0.29, 0.717) is 0 Å². The number of rotatable bonds is 2. The van der Waals surface area contributed by atoms with E-state index in [2.05, 4.69) is 0 Å². The second-order valence-corrected chi connectivity index (χ2v) is 2.23. The summed E-state index contributed by atoms with van der Waals surface area (Å²) in [4.78, 5) is 0. The fourth-order valence-electron chi connectivity index (χ4n) is 0.728. The van der Waals surface area contributed by atoms with Gasteiger partial charge in [0.05, 0.1) is 14.2 Å². The van der Waals surface area contributed by atoms with E-state index in [4.69, 9.17) is 24.5 Å². The maximum absolute atomic E-state index is 7.17. The summed E-state index contributed by atoms with van der Waals surface area (Å²) in [6, 6.07) is 7.47. The number of methoxy groups -OCH3 is 2. The van der Waals surface area contributed by atoms with Crippen molar-refractivity contribution in [3.8, 4) is 11.5 Å². The smallest absolute Gasteiger partial charge is 0.497 e. The van der Waals surface area contributed by atoms with Crippen LogP contribution < -0.4 is 9.47 Å². The third kappa shape index (κ3) is 6.30. The van der Waals surface area contributed by atoms with Gasteiger partial charge in [-0.25, -0.2) is 0 Å². The van der Waals surface area contributed by atoms with Crippen molar-refractivity contribution < 1.29 is 24.5 Å². The van der Waals surface area contributed by atoms with E-state index in [1.807, 2.05) is 24.3 Å². The summed E-state index contributed by atoms with van der Waals surface area (Å²) in [5.41, 5.74) is 0. The van der Waals surface area contributed by atoms with E-state index in [9.17, 15) is 0 Å². The van der Waals surface area contributed by atoms with Crippen molar-refractivity contribution >= 4 is 7.32 Å². The van der Waals surface area contributed by atoms with Gasteiger partial charge >= 0.3 is 7.32 Å². The van der Waals surface area contributed by atoms with Gasteiger partial charge in [0, 0.05) is 6.07 Å². The molecule has 0 aliphatic heterocycles. The van der Waals surface area contributed by atoms with Gasteiger partial charge in [0.25, 0.3) is 0 Å². The van der Waals surface area contributed by atoms with Crippen LogP contribution in [0.5, 0.6) is 11.5 Å². The molecule has 0 saturated carbocycles. The second kappa shape index (κ2) is 7.20. The van der Waals surface area contributed by atoms with E-state index in [-0.39, 0.29) is 0 Å². The van der Waals surface area contributed by atoms with Crippen molar-refractivity contribution in [2.75, 3.05) is 14.2 Å². The van der Waals surface area contributed by atoms with Gasteiger partial charge < -0.3 is 24.5 Å². The highest BCUT2D eigenvalue weighted by atomic mass is 16.5. The Kier molecular flexibility index (Phi) is 6.56. The zero-order valence-corrected chi connectivity index (χ0v) is 8.04. The molecule has 0 bridgehead atoms. The van der Waals surface area contributed by atoms with Crippen molar-refractivity contribution in [3.63, 3.8) is 0 Å². The minimum atomic E-state index is -2.17. The molecule has 0 spiro atoms. The third-order valence-corrected chi connectivity index (χ3v) is 1.28. The summed E-state index contributed by atoms with van der Waals surface area (Å²) in [6.45, 7) is 0. The van der Waals surface area contributed by atoms with E-state index in [1.54, 1.807) is 14.2 Å². The van der Waals surface area contributed by atoms with Gasteiger partial charge in [0.15, 0.2) is 0 Å². The molecule has 0 aliphatic carbocycles. The quantitative estimate of drug-likeness (QED) is 0.568. The number of ether oxygens (including phenoxy) is 2. The highest BCUT2D eigenvalue weighted by molar-refractivity contribution is 6.30. The van der Waals surface area contributed by atoms with Crippen LogP contribution in [0, 0.1) is 0 Å². The Morgan fingerprint density at radius 2 is 1.36 bits per heavy atom. The lowest BCUT2D eigenvalue weighted by Crippen LogP contribution is -2.07. The topological polar surface area (TPSA) is 79.2 Å². The molecule has 1 rings (SSSR count). The molecular formula is C8H13BO5. The molecule has 6 heteroatoms. The van der Waals surface area contributed by atoms with E-state index < -0.39 is 7.32 Å². The van der Waals surface area contributed by atoms with Gasteiger partial charge in [-0.15, -0.1) is 0 Å². The normalized spacial score (nSPS) is 8.36. The first kappa shape index (κ1) is 12.8. The predicted molar refractivity (Wildman–Crippen MR) is 52.0 cm³/mol. The van der Waals surface area contributed by atoms with Crippen LogP contribution in [0.25, 0.3) is 0 Å². The van der Waals surface area contributed by atoms with Crippen molar-refractivity contribution in [1.82, 2.24) is 0 Å². The third-order valence-electron chi connectivity index (χ3n) is 1.28. The number of hydrogen-bond acceptors (Lipinski definition) is 5. The standard InChI is InChI=1S/C8H10O2.BH3O3/c1-9-7-4-3-5-8(6-7)10-2;2-1(3)4/h3-6H,1-2H3;2-4H. The minimum absolute atomic E-state index is 0.819. The molecular weight excluding hydrogens is 187 g/mol. The fourth-order valence-corrected chi connectivity index (χ4v) is 0.728. The second-order valence-electron chi connectivity index (χ2n) is 2.23. The maximum Gasteiger partial charge on any atom is 0.631 e. The highest BCUT2D eigenvalue weighted by Gasteiger charge is 1.92. The fraction of sp³-hybridized carbons (Fsp3) is 0.250. The van der Waals surface area contributed by atoms with Crippen LogP contribution in [-0.4, -0.2) is 36.6 Å². The Bertz CT molecular complexity index is 231. The van der Waals surface area contributed by atoms with Crippen LogP contribution in [0.2, 0.25) is 0 Å². The van der Waals surface area contributed by atoms with Crippen LogP contribution in [0.3, 0.4) is 0 Å². The molecule has 3 N–H and O–H groups in total. The molecule has 0 unspecified atom stereocenters. The molecule has 0 amide bonds. The molecule has 1 aromatic carbocycles. The largest absolute Gasteiger partial charge is 0.631 e. The number of benzene rings is 1. The molecule has 0 aromatic heterocycles. The first-order valence-corrected chi connectivity index (χ1v) is 3.82. The zero-order valence-electron chi connectivity index (χ0n) is 8.04. The van der Waals surface area contributed by atoms with E-state index in [1.165, 1.54) is 0 Å². The molecule has 78 valence electrons. The van der Waals surface area contributed by atoms with Gasteiger partial charge in [0.2, 0.25) is 0 Å². The summed E-state index contributed by atoms with van der Waals surface area (Å²) in [7, 11) is 1.10. The summed E-state index contributed by atoms with van der Waals surface area (Å²) >= 11 is 0. The number of hydrogen-bond donors (Lipinski definition) is 3. The van der Waals surface area contributed by atoms with Crippen LogP contribution in [0.1, 0.15) is 0 Å². The van der Waals surface area contributed by atoms with Crippen molar-refractivity contribution in [3.05, 3.63) is 24.3 Å². The molecule has 0 aliphatic rings. The molecule has 14 heavy (non-hydrogen) atoms. The summed E-state index contributed by atoms with van der Waals surface area (Å²) in [5, 5.41) is 21.5. The maximum atomic E-state index is 7.17. The Balaban J connectivity index is 0.000000364. The summed E-state index contributed by atoms with van der Waals surface area (Å²) < 4.78 is 9.95. The van der Waals surface area contributed by atoms with Crippen LogP contribution >= 0.6 is 0 Å². The monoisotopic (exact) mass is 200 g/mol. The van der Waals surface area contributed by atoms with E-state index in [0.717, 1.165) is 11.5 Å². The predicted octanol–water partition coefficient (Wildman–Crippen LogP) is -0.348. The van der Waals surface area contributed by atoms with Crippen LogP contribution in [0.4, 0.5) is 0 Å². The Morgan fingerprint density at radius 3 is 1.64 bits per heavy atom. The minimum Gasteiger partial charge on any atom is -0.497 e. The SMILES string of the molecule is COc1cccc(OC)c1.OB(O)O. The first-order chi connectivity index (χ1) is 6.60. The molecule has 5 nitrogen and oxygen atoms in total. The molecule has 0 atom stereocenters. The van der Waals surface area contributed by atoms with E-state index >= 15 is 0 Å². The highest BCUT2D eigenvalue weighted by Crippen LogP contribution is 2.17. The summed E-state index contributed by atoms with van der Waals surface area (Å²) in [6.07, 6.45) is 0. The van der Waals surface area contributed by atoms with Gasteiger partial charge in [-0.2, -0.15) is 0 Å². The average molecular weight is 200 g/mol. The Hall–Kier alpha value is -1.24. The lowest BCUT2D eigenvalue weighted by molar-refractivity contribution is 0.278. The van der Waals surface area contributed by atoms with Crippen LogP contribution in [0.15, 0.2) is 24.3 Å². The van der Waals surface area contributed by atoms with Crippen molar-refractivity contribution in [2.45, 2.75) is 0 Å². The molecule has 0 fully saturated rings. The molecule has 1 aromatic rings. The van der Waals surface area contributed by atoms with Crippen molar-refractivity contribution in [2.24, 2.45) is 0 Å². The summed E-state index contributed by atoms with van der Waals surface area (Å²) in [5.74, 6) is 1.64. The van der Waals surface area contributed by atoms with Gasteiger partial charge in [-0.3, -0.25) is 0 Å². The van der Waals surface area contributed by atoms with Gasteiger partial charge in [-0.05, 0) is 12.1 Å². The lowest BCUT2D eigenvalue weighted by atomic mass is 10.3. The van der Waals surface area contributed by atoms with Crippen molar-refractivity contribution in [1.29, 1.82) is 0 Å². The molecule has 0 radical (unpaired) electrons. The lowest BCUT2D eigenvalue weighted by Gasteiger charge is -2.01. The van der Waals surface area contributed by atoms with Gasteiger partial charge in [0.1, 0.15) is 11.5 Å². The average Bonchev–Trinajstić information content (AvgIpc) is 2.17. The molecule has 0 heterocycles.